The van der Waals surface area contributed by atoms with Gasteiger partial charge in [0, 0.05) is 11.8 Å². The summed E-state index contributed by atoms with van der Waals surface area (Å²) >= 11 is 1.70. The lowest BCUT2D eigenvalue weighted by Crippen LogP contribution is -1.99. The molecule has 0 atom stereocenters. The maximum absolute atomic E-state index is 5.30. The first-order chi connectivity index (χ1) is 10.3. The molecule has 0 saturated carbocycles. The zero-order valence-electron chi connectivity index (χ0n) is 11.9. The molecule has 4 nitrogen and oxygen atoms in total. The maximum Gasteiger partial charge on any atom is 0.162 e. The van der Waals surface area contributed by atoms with Gasteiger partial charge in [-0.05, 0) is 24.3 Å². The van der Waals surface area contributed by atoms with E-state index in [1.807, 2.05) is 36.4 Å². The second-order valence-electron chi connectivity index (χ2n) is 4.50. The van der Waals surface area contributed by atoms with Crippen LogP contribution in [0.15, 0.2) is 42.5 Å². The van der Waals surface area contributed by atoms with E-state index in [-0.39, 0.29) is 0 Å². The van der Waals surface area contributed by atoms with Crippen LogP contribution in [0.3, 0.4) is 0 Å². The number of nitrogens with one attached hydrogen (secondary N) is 1. The zero-order valence-corrected chi connectivity index (χ0v) is 12.7. The monoisotopic (exact) mass is 300 g/mol. The molecule has 1 N–H and O–H groups in total. The predicted octanol–water partition coefficient (Wildman–Crippen LogP) is 3.93. The van der Waals surface area contributed by atoms with E-state index in [4.69, 9.17) is 9.47 Å². The smallest absolute Gasteiger partial charge is 0.162 e. The van der Waals surface area contributed by atoms with Crippen LogP contribution in [0.4, 0.5) is 5.69 Å². The van der Waals surface area contributed by atoms with Crippen LogP contribution in [-0.2, 0) is 6.54 Å². The first-order valence-corrected chi connectivity index (χ1v) is 7.42. The third kappa shape index (κ3) is 2.92. The Morgan fingerprint density at radius 3 is 2.62 bits per heavy atom. The number of ether oxygens (including phenoxy) is 2. The van der Waals surface area contributed by atoms with E-state index in [2.05, 4.69) is 16.4 Å². The predicted molar refractivity (Wildman–Crippen MR) is 86.5 cm³/mol. The van der Waals surface area contributed by atoms with Gasteiger partial charge < -0.3 is 14.8 Å². The highest BCUT2D eigenvalue weighted by atomic mass is 32.1. The van der Waals surface area contributed by atoms with Gasteiger partial charge in [-0.3, -0.25) is 0 Å². The number of hydrogen-bond acceptors (Lipinski definition) is 5. The van der Waals surface area contributed by atoms with Crippen LogP contribution in [0, 0.1) is 0 Å². The summed E-state index contributed by atoms with van der Waals surface area (Å²) in [5.74, 6) is 1.44. The highest BCUT2D eigenvalue weighted by molar-refractivity contribution is 7.18. The number of aromatic nitrogens is 1. The fraction of sp³-hybridized carbons (Fsp3) is 0.188. The van der Waals surface area contributed by atoms with Crippen molar-refractivity contribution in [2.75, 3.05) is 19.5 Å². The largest absolute Gasteiger partial charge is 0.493 e. The lowest BCUT2D eigenvalue weighted by Gasteiger charge is -2.10. The lowest BCUT2D eigenvalue weighted by molar-refractivity contribution is 0.355. The molecule has 0 amide bonds. The second-order valence-corrected chi connectivity index (χ2v) is 5.61. The molecule has 21 heavy (non-hydrogen) atoms. The van der Waals surface area contributed by atoms with Crippen molar-refractivity contribution in [2.45, 2.75) is 6.54 Å². The van der Waals surface area contributed by atoms with E-state index in [0.29, 0.717) is 12.3 Å². The van der Waals surface area contributed by atoms with Crippen molar-refractivity contribution in [2.24, 2.45) is 0 Å². The number of fused-ring (bicyclic) bond motifs is 1. The topological polar surface area (TPSA) is 43.4 Å². The average molecular weight is 300 g/mol. The van der Waals surface area contributed by atoms with Gasteiger partial charge >= 0.3 is 0 Å². The molecule has 3 aromatic rings. The second kappa shape index (κ2) is 6.01. The summed E-state index contributed by atoms with van der Waals surface area (Å²) in [4.78, 5) is 4.60. The normalized spacial score (nSPS) is 10.6. The van der Waals surface area contributed by atoms with Crippen LogP contribution in [0.1, 0.15) is 5.01 Å². The standard InChI is InChI=1S/C16H16N2O2S/c1-19-13-8-7-11(9-14(13)20-2)17-10-16-18-12-5-3-4-6-15(12)21-16/h3-9,17H,10H2,1-2H3. The molecule has 0 aliphatic carbocycles. The van der Waals surface area contributed by atoms with Crippen molar-refractivity contribution in [1.29, 1.82) is 0 Å². The Kier molecular flexibility index (Phi) is 3.92. The SMILES string of the molecule is COc1ccc(NCc2nc3ccccc3s2)cc1OC. The Morgan fingerprint density at radius 1 is 1.05 bits per heavy atom. The van der Waals surface area contributed by atoms with Gasteiger partial charge in [-0.1, -0.05) is 12.1 Å². The molecular formula is C16H16N2O2S. The van der Waals surface area contributed by atoms with Crippen LogP contribution in [-0.4, -0.2) is 19.2 Å². The molecule has 3 rings (SSSR count). The van der Waals surface area contributed by atoms with Gasteiger partial charge in [0.2, 0.25) is 0 Å². The van der Waals surface area contributed by atoms with Gasteiger partial charge in [0.1, 0.15) is 5.01 Å². The van der Waals surface area contributed by atoms with Crippen LogP contribution in [0.25, 0.3) is 10.2 Å². The van der Waals surface area contributed by atoms with Crippen LogP contribution in [0.5, 0.6) is 11.5 Å². The van der Waals surface area contributed by atoms with Crippen LogP contribution >= 0.6 is 11.3 Å². The van der Waals surface area contributed by atoms with Gasteiger partial charge in [-0.25, -0.2) is 4.98 Å². The molecule has 0 aliphatic rings. The van der Waals surface area contributed by atoms with E-state index < -0.39 is 0 Å². The van der Waals surface area contributed by atoms with Crippen molar-refractivity contribution in [1.82, 2.24) is 4.98 Å². The Morgan fingerprint density at radius 2 is 1.86 bits per heavy atom. The highest BCUT2D eigenvalue weighted by Crippen LogP contribution is 2.30. The molecule has 0 bridgehead atoms. The first kappa shape index (κ1) is 13.7. The third-order valence-electron chi connectivity index (χ3n) is 3.17. The molecule has 1 aromatic heterocycles. The Bertz CT molecular complexity index is 722. The molecule has 1 heterocycles. The number of nitrogens with zero attached hydrogens (tertiary/aromatic N) is 1. The van der Waals surface area contributed by atoms with Crippen molar-refractivity contribution < 1.29 is 9.47 Å². The van der Waals surface area contributed by atoms with E-state index in [1.54, 1.807) is 25.6 Å². The molecule has 0 spiro atoms. The molecule has 5 heteroatoms. The molecule has 0 unspecified atom stereocenters. The molecular weight excluding hydrogens is 284 g/mol. The van der Waals surface area contributed by atoms with E-state index in [9.17, 15) is 0 Å². The van der Waals surface area contributed by atoms with Gasteiger partial charge in [0.25, 0.3) is 0 Å². The third-order valence-corrected chi connectivity index (χ3v) is 4.20. The fourth-order valence-corrected chi connectivity index (χ4v) is 3.03. The quantitative estimate of drug-likeness (QED) is 0.775. The van der Waals surface area contributed by atoms with Gasteiger partial charge in [-0.15, -0.1) is 11.3 Å². The van der Waals surface area contributed by atoms with E-state index >= 15 is 0 Å². The average Bonchev–Trinajstić information content (AvgIpc) is 2.95. The number of rotatable bonds is 5. The summed E-state index contributed by atoms with van der Waals surface area (Å²) < 4.78 is 11.7. The van der Waals surface area contributed by atoms with Crippen molar-refractivity contribution in [3.63, 3.8) is 0 Å². The molecule has 2 aromatic carbocycles. The van der Waals surface area contributed by atoms with Gasteiger partial charge in [0.15, 0.2) is 11.5 Å². The van der Waals surface area contributed by atoms with Gasteiger partial charge in [-0.2, -0.15) is 0 Å². The highest BCUT2D eigenvalue weighted by Gasteiger charge is 2.06. The summed E-state index contributed by atoms with van der Waals surface area (Å²) in [5, 5.41) is 4.42. The Balaban J connectivity index is 1.75. The summed E-state index contributed by atoms with van der Waals surface area (Å²) in [6.45, 7) is 0.689. The Labute approximate surface area is 127 Å². The summed E-state index contributed by atoms with van der Waals surface area (Å²) in [7, 11) is 3.27. The number of para-hydroxylation sites is 1. The van der Waals surface area contributed by atoms with Crippen molar-refractivity contribution in [3.05, 3.63) is 47.5 Å². The number of anilines is 1. The van der Waals surface area contributed by atoms with E-state index in [1.165, 1.54) is 4.70 Å². The number of benzene rings is 2. The molecule has 108 valence electrons. The lowest BCUT2D eigenvalue weighted by atomic mass is 10.2. The van der Waals surface area contributed by atoms with Crippen LogP contribution in [0.2, 0.25) is 0 Å². The van der Waals surface area contributed by atoms with Crippen LogP contribution < -0.4 is 14.8 Å². The zero-order chi connectivity index (χ0) is 14.7. The molecule has 0 saturated heterocycles. The van der Waals surface area contributed by atoms with Crippen molar-refractivity contribution in [3.8, 4) is 11.5 Å². The minimum atomic E-state index is 0.689. The maximum atomic E-state index is 5.30. The fourth-order valence-electron chi connectivity index (χ4n) is 2.12. The number of thiazole rings is 1. The number of methoxy groups -OCH3 is 2. The first-order valence-electron chi connectivity index (χ1n) is 6.60. The van der Waals surface area contributed by atoms with Crippen molar-refractivity contribution >= 4 is 27.2 Å². The molecule has 0 radical (unpaired) electrons. The summed E-state index contributed by atoms with van der Waals surface area (Å²) in [5.41, 5.74) is 2.03. The minimum absolute atomic E-state index is 0.689. The number of hydrogen-bond donors (Lipinski definition) is 1. The van der Waals surface area contributed by atoms with E-state index in [0.717, 1.165) is 22.0 Å². The minimum Gasteiger partial charge on any atom is -0.493 e. The molecule has 0 fully saturated rings. The Hall–Kier alpha value is -2.27. The summed E-state index contributed by atoms with van der Waals surface area (Å²) in [6, 6.07) is 13.9. The molecule has 0 aliphatic heterocycles. The van der Waals surface area contributed by atoms with Gasteiger partial charge in [0.05, 0.1) is 31.0 Å². The summed E-state index contributed by atoms with van der Waals surface area (Å²) in [6.07, 6.45) is 0.